The molecule has 0 aromatic rings. The monoisotopic (exact) mass is 182 g/mol. The van der Waals surface area contributed by atoms with E-state index in [1.807, 2.05) is 6.08 Å². The first-order valence-electron chi connectivity index (χ1n) is 5.63. The third-order valence-electron chi connectivity index (χ3n) is 3.10. The summed E-state index contributed by atoms with van der Waals surface area (Å²) in [7, 11) is 0. The molecule has 0 heterocycles. The maximum Gasteiger partial charge on any atom is 0.0568 e. The van der Waals surface area contributed by atoms with Gasteiger partial charge < -0.3 is 5.11 Å². The van der Waals surface area contributed by atoms with Gasteiger partial charge in [0, 0.05) is 0 Å². The molecular formula is C12H22O. The minimum absolute atomic E-state index is 0.0210. The number of hydrogen-bond acceptors (Lipinski definition) is 1. The van der Waals surface area contributed by atoms with E-state index >= 15 is 0 Å². The molecular weight excluding hydrogens is 160 g/mol. The number of hydrogen-bond donors (Lipinski definition) is 1. The summed E-state index contributed by atoms with van der Waals surface area (Å²) in [4.78, 5) is 0. The first-order chi connectivity index (χ1) is 6.34. The predicted molar refractivity (Wildman–Crippen MR) is 56.6 cm³/mol. The van der Waals surface area contributed by atoms with Crippen LogP contribution in [0.4, 0.5) is 0 Å². The second kappa shape index (κ2) is 6.20. The molecule has 1 aliphatic rings. The van der Waals surface area contributed by atoms with Gasteiger partial charge in [0.1, 0.15) is 0 Å². The fraction of sp³-hybridized carbons (Fsp3) is 0.833. The molecule has 0 spiro atoms. The van der Waals surface area contributed by atoms with E-state index in [4.69, 9.17) is 0 Å². The molecule has 0 amide bonds. The van der Waals surface area contributed by atoms with Crippen LogP contribution in [0, 0.1) is 5.92 Å². The van der Waals surface area contributed by atoms with Crippen LogP contribution in [-0.2, 0) is 0 Å². The van der Waals surface area contributed by atoms with E-state index < -0.39 is 0 Å². The van der Waals surface area contributed by atoms with Crippen LogP contribution in [-0.4, -0.2) is 11.2 Å². The van der Waals surface area contributed by atoms with Gasteiger partial charge in [-0.3, -0.25) is 0 Å². The Kier molecular flexibility index (Phi) is 5.14. The van der Waals surface area contributed by atoms with Gasteiger partial charge in [-0.2, -0.15) is 0 Å². The number of rotatable bonds is 4. The molecule has 0 aliphatic heterocycles. The van der Waals surface area contributed by atoms with Crippen molar-refractivity contribution in [2.24, 2.45) is 5.92 Å². The number of aliphatic hydroxyl groups excluding tert-OH is 1. The highest BCUT2D eigenvalue weighted by atomic mass is 16.3. The molecule has 1 N–H and O–H groups in total. The summed E-state index contributed by atoms with van der Waals surface area (Å²) < 4.78 is 0. The molecule has 1 aliphatic carbocycles. The van der Waals surface area contributed by atoms with E-state index in [0.717, 1.165) is 12.8 Å². The minimum atomic E-state index is -0.0210. The Morgan fingerprint density at radius 3 is 2.77 bits per heavy atom. The molecule has 13 heavy (non-hydrogen) atoms. The largest absolute Gasteiger partial charge is 0.393 e. The van der Waals surface area contributed by atoms with E-state index in [0.29, 0.717) is 5.92 Å². The van der Waals surface area contributed by atoms with Crippen molar-refractivity contribution in [3.63, 3.8) is 0 Å². The van der Waals surface area contributed by atoms with Crippen LogP contribution < -0.4 is 0 Å². The van der Waals surface area contributed by atoms with E-state index in [2.05, 4.69) is 6.58 Å². The van der Waals surface area contributed by atoms with Gasteiger partial charge in [0.15, 0.2) is 0 Å². The summed E-state index contributed by atoms with van der Waals surface area (Å²) in [6.45, 7) is 3.72. The summed E-state index contributed by atoms with van der Waals surface area (Å²) in [5.74, 6) is 0.572. The molecule has 0 aromatic carbocycles. The lowest BCUT2D eigenvalue weighted by atomic mass is 9.92. The van der Waals surface area contributed by atoms with E-state index in [-0.39, 0.29) is 6.10 Å². The lowest BCUT2D eigenvalue weighted by Gasteiger charge is -2.19. The van der Waals surface area contributed by atoms with Crippen molar-refractivity contribution in [1.82, 2.24) is 0 Å². The zero-order valence-corrected chi connectivity index (χ0v) is 8.54. The zero-order valence-electron chi connectivity index (χ0n) is 8.54. The molecule has 1 heteroatoms. The third kappa shape index (κ3) is 3.95. The lowest BCUT2D eigenvalue weighted by molar-refractivity contribution is 0.0948. The Bertz CT molecular complexity index is 142. The molecule has 0 bridgehead atoms. The van der Waals surface area contributed by atoms with E-state index in [9.17, 15) is 5.11 Å². The molecule has 0 saturated heterocycles. The van der Waals surface area contributed by atoms with Crippen LogP contribution in [0.5, 0.6) is 0 Å². The average molecular weight is 182 g/mol. The topological polar surface area (TPSA) is 20.2 Å². The second-order valence-corrected chi connectivity index (χ2v) is 4.19. The molecule has 1 nitrogen and oxygen atoms in total. The molecule has 1 rings (SSSR count). The molecule has 2 unspecified atom stereocenters. The Morgan fingerprint density at radius 1 is 1.23 bits per heavy atom. The van der Waals surface area contributed by atoms with Crippen molar-refractivity contribution in [3.05, 3.63) is 12.7 Å². The minimum Gasteiger partial charge on any atom is -0.393 e. The molecule has 76 valence electrons. The molecule has 0 radical (unpaired) electrons. The predicted octanol–water partition coefficient (Wildman–Crippen LogP) is 3.28. The first-order valence-corrected chi connectivity index (χ1v) is 5.63. The summed E-state index contributed by atoms with van der Waals surface area (Å²) in [5, 5.41) is 9.82. The van der Waals surface area contributed by atoms with E-state index in [1.54, 1.807) is 0 Å². The van der Waals surface area contributed by atoms with Gasteiger partial charge in [-0.05, 0) is 38.0 Å². The summed E-state index contributed by atoms with van der Waals surface area (Å²) >= 11 is 0. The summed E-state index contributed by atoms with van der Waals surface area (Å²) in [5.41, 5.74) is 0. The van der Waals surface area contributed by atoms with Gasteiger partial charge in [-0.1, -0.05) is 25.3 Å². The van der Waals surface area contributed by atoms with Crippen LogP contribution in [0.1, 0.15) is 51.4 Å². The number of aliphatic hydroxyl groups is 1. The zero-order chi connectivity index (χ0) is 9.52. The van der Waals surface area contributed by atoms with Gasteiger partial charge in [0.05, 0.1) is 6.10 Å². The van der Waals surface area contributed by atoms with Crippen LogP contribution in [0.3, 0.4) is 0 Å². The quantitative estimate of drug-likeness (QED) is 0.402. The van der Waals surface area contributed by atoms with Crippen molar-refractivity contribution >= 4 is 0 Å². The summed E-state index contributed by atoms with van der Waals surface area (Å²) in [6, 6.07) is 0. The maximum absolute atomic E-state index is 9.82. The first kappa shape index (κ1) is 10.8. The fourth-order valence-corrected chi connectivity index (χ4v) is 2.23. The molecule has 1 fully saturated rings. The van der Waals surface area contributed by atoms with Crippen molar-refractivity contribution in [2.45, 2.75) is 57.5 Å². The Balaban J connectivity index is 2.23. The second-order valence-electron chi connectivity index (χ2n) is 4.19. The van der Waals surface area contributed by atoms with Gasteiger partial charge >= 0.3 is 0 Å². The maximum atomic E-state index is 9.82. The lowest BCUT2D eigenvalue weighted by Crippen LogP contribution is -2.18. The molecule has 2 atom stereocenters. The number of allylic oxidation sites excluding steroid dienone is 1. The fourth-order valence-electron chi connectivity index (χ4n) is 2.23. The third-order valence-corrected chi connectivity index (χ3v) is 3.10. The highest BCUT2D eigenvalue weighted by Gasteiger charge is 2.20. The summed E-state index contributed by atoms with van der Waals surface area (Å²) in [6.07, 6.45) is 11.6. The Morgan fingerprint density at radius 2 is 2.00 bits per heavy atom. The van der Waals surface area contributed by atoms with Gasteiger partial charge in [-0.15, -0.1) is 6.58 Å². The van der Waals surface area contributed by atoms with Crippen LogP contribution in [0.2, 0.25) is 0 Å². The Labute approximate surface area is 81.9 Å². The van der Waals surface area contributed by atoms with Crippen molar-refractivity contribution in [2.75, 3.05) is 0 Å². The van der Waals surface area contributed by atoms with Gasteiger partial charge in [-0.25, -0.2) is 0 Å². The van der Waals surface area contributed by atoms with E-state index in [1.165, 1.54) is 38.5 Å². The highest BCUT2D eigenvalue weighted by Crippen LogP contribution is 2.27. The standard InChI is InChI=1S/C12H22O/c1-2-3-5-8-11-9-6-4-7-10-12(11)13/h2,11-13H,1,3-10H2. The smallest absolute Gasteiger partial charge is 0.0568 e. The van der Waals surface area contributed by atoms with Crippen molar-refractivity contribution in [3.8, 4) is 0 Å². The SMILES string of the molecule is C=CCCCC1CCCCCC1O. The molecule has 1 saturated carbocycles. The van der Waals surface area contributed by atoms with Crippen LogP contribution >= 0.6 is 0 Å². The normalized spacial score (nSPS) is 29.6. The van der Waals surface area contributed by atoms with Crippen molar-refractivity contribution in [1.29, 1.82) is 0 Å². The van der Waals surface area contributed by atoms with Gasteiger partial charge in [0.2, 0.25) is 0 Å². The van der Waals surface area contributed by atoms with Crippen LogP contribution in [0.25, 0.3) is 0 Å². The van der Waals surface area contributed by atoms with Crippen molar-refractivity contribution < 1.29 is 5.11 Å². The Hall–Kier alpha value is -0.300. The molecule has 0 aromatic heterocycles. The average Bonchev–Trinajstić information content (AvgIpc) is 2.32. The van der Waals surface area contributed by atoms with Crippen LogP contribution in [0.15, 0.2) is 12.7 Å². The number of unbranched alkanes of at least 4 members (excludes halogenated alkanes) is 1. The highest BCUT2D eigenvalue weighted by molar-refractivity contribution is 4.74. The van der Waals surface area contributed by atoms with Gasteiger partial charge in [0.25, 0.3) is 0 Å².